The number of nitrogens with zero attached hydrogens (tertiary/aromatic N) is 1. The number of benzene rings is 2. The maximum atomic E-state index is 13.7. The van der Waals surface area contributed by atoms with E-state index in [2.05, 4.69) is 15.6 Å². The fraction of sp³-hybridized carbons (Fsp3) is 0.367. The van der Waals surface area contributed by atoms with Gasteiger partial charge in [-0.1, -0.05) is 57.2 Å². The summed E-state index contributed by atoms with van der Waals surface area (Å²) in [5.41, 5.74) is 3.11. The largest absolute Gasteiger partial charge is 0.464 e. The molecule has 8 heteroatoms. The Hall–Kier alpha value is -4.07. The summed E-state index contributed by atoms with van der Waals surface area (Å²) in [6, 6.07) is 13.9. The zero-order valence-electron chi connectivity index (χ0n) is 22.6. The first-order valence-electron chi connectivity index (χ1n) is 12.9. The summed E-state index contributed by atoms with van der Waals surface area (Å²) in [6.07, 6.45) is 4.35. The Morgan fingerprint density at radius 3 is 2.29 bits per heavy atom. The second kappa shape index (κ2) is 11.1. The molecule has 2 aromatic heterocycles. The predicted molar refractivity (Wildman–Crippen MR) is 149 cm³/mol. The molecule has 38 heavy (non-hydrogen) atoms. The van der Waals surface area contributed by atoms with Crippen molar-refractivity contribution in [2.75, 3.05) is 6.61 Å². The van der Waals surface area contributed by atoms with E-state index in [4.69, 9.17) is 4.74 Å². The van der Waals surface area contributed by atoms with Crippen LogP contribution in [0.2, 0.25) is 0 Å². The predicted octanol–water partition coefficient (Wildman–Crippen LogP) is 4.02. The molecule has 4 aromatic rings. The van der Waals surface area contributed by atoms with Gasteiger partial charge < -0.3 is 24.9 Å². The summed E-state index contributed by atoms with van der Waals surface area (Å²) >= 11 is 0. The molecular weight excluding hydrogens is 480 g/mol. The van der Waals surface area contributed by atoms with Gasteiger partial charge in [0.2, 0.25) is 11.8 Å². The van der Waals surface area contributed by atoms with Crippen LogP contribution in [0.25, 0.3) is 21.8 Å². The Labute approximate surface area is 222 Å². The molecule has 8 nitrogen and oxygen atoms in total. The first kappa shape index (κ1) is 27.0. The molecule has 2 aromatic carbocycles. The van der Waals surface area contributed by atoms with E-state index in [1.54, 1.807) is 27.7 Å². The summed E-state index contributed by atoms with van der Waals surface area (Å²) in [4.78, 5) is 42.8. The molecule has 0 spiro atoms. The number of carbonyl (C=O) groups is 3. The minimum Gasteiger partial charge on any atom is -0.464 e. The maximum Gasteiger partial charge on any atom is 0.328 e. The van der Waals surface area contributed by atoms with Gasteiger partial charge in [-0.25, -0.2) is 4.79 Å². The van der Waals surface area contributed by atoms with Crippen molar-refractivity contribution in [2.24, 2.45) is 12.5 Å². The Bertz CT molecular complexity index is 1460. The Balaban J connectivity index is 1.62. The number of H-pyrrole nitrogens is 1. The van der Waals surface area contributed by atoms with Gasteiger partial charge in [0.1, 0.15) is 12.1 Å². The lowest BCUT2D eigenvalue weighted by atomic mass is 9.94. The average molecular weight is 517 g/mol. The summed E-state index contributed by atoms with van der Waals surface area (Å²) in [5, 5.41) is 7.80. The first-order valence-corrected chi connectivity index (χ1v) is 12.9. The number of rotatable bonds is 9. The molecule has 0 fully saturated rings. The molecule has 0 radical (unpaired) electrons. The van der Waals surface area contributed by atoms with E-state index in [1.165, 1.54) is 0 Å². The second-order valence-electron chi connectivity index (χ2n) is 10.6. The van der Waals surface area contributed by atoms with Crippen molar-refractivity contribution < 1.29 is 19.1 Å². The number of hydrogen-bond acceptors (Lipinski definition) is 4. The minimum absolute atomic E-state index is 0.195. The SMILES string of the molecule is CCOC(=O)C(Cc1cn(C)c2ccccc12)NC(=O)C(Cc1c[nH]c2ccccc12)NC(=O)C(C)(C)C. The molecule has 0 aliphatic rings. The number of para-hydroxylation sites is 2. The van der Waals surface area contributed by atoms with Crippen molar-refractivity contribution in [1.29, 1.82) is 0 Å². The third kappa shape index (κ3) is 5.90. The van der Waals surface area contributed by atoms with Gasteiger partial charge in [-0.15, -0.1) is 0 Å². The van der Waals surface area contributed by atoms with Crippen molar-refractivity contribution in [3.05, 3.63) is 72.1 Å². The molecule has 2 amide bonds. The van der Waals surface area contributed by atoms with Crippen molar-refractivity contribution in [3.8, 4) is 0 Å². The zero-order chi connectivity index (χ0) is 27.4. The fourth-order valence-electron chi connectivity index (χ4n) is 4.62. The van der Waals surface area contributed by atoms with Crippen LogP contribution in [0.3, 0.4) is 0 Å². The molecule has 0 aliphatic carbocycles. The van der Waals surface area contributed by atoms with Crippen LogP contribution in [0.4, 0.5) is 0 Å². The summed E-state index contributed by atoms with van der Waals surface area (Å²) in [5.74, 6) is -1.20. The zero-order valence-corrected chi connectivity index (χ0v) is 22.6. The summed E-state index contributed by atoms with van der Waals surface area (Å²) in [7, 11) is 1.95. The van der Waals surface area contributed by atoms with E-state index < -0.39 is 29.4 Å². The van der Waals surface area contributed by atoms with Crippen LogP contribution in [-0.2, 0) is 39.0 Å². The Morgan fingerprint density at radius 2 is 1.58 bits per heavy atom. The summed E-state index contributed by atoms with van der Waals surface area (Å²) < 4.78 is 7.32. The number of ether oxygens (including phenoxy) is 1. The van der Waals surface area contributed by atoms with Crippen LogP contribution in [0.5, 0.6) is 0 Å². The number of amides is 2. The van der Waals surface area contributed by atoms with Crippen LogP contribution >= 0.6 is 0 Å². The number of aromatic nitrogens is 2. The molecule has 3 N–H and O–H groups in total. The highest BCUT2D eigenvalue weighted by molar-refractivity contribution is 5.93. The van der Waals surface area contributed by atoms with Crippen LogP contribution in [-0.4, -0.2) is 46.0 Å². The van der Waals surface area contributed by atoms with Crippen LogP contribution in [0, 0.1) is 5.41 Å². The number of carbonyl (C=O) groups excluding carboxylic acids is 3. The van der Waals surface area contributed by atoms with Gasteiger partial charge in [0, 0.05) is 59.5 Å². The highest BCUT2D eigenvalue weighted by Gasteiger charge is 2.32. The first-order chi connectivity index (χ1) is 18.1. The molecule has 200 valence electrons. The number of aryl methyl sites for hydroxylation is 1. The standard InChI is InChI=1S/C30H36N4O4/c1-6-38-28(36)25(16-20-18-34(5)26-14-10-8-12-22(20)26)32-27(35)24(33-29(37)30(2,3)4)15-19-17-31-23-13-9-7-11-21(19)23/h7-14,17-18,24-25,31H,6,15-16H2,1-5H3,(H,32,35)(H,33,37). The quantitative estimate of drug-likeness (QED) is 0.292. The van der Waals surface area contributed by atoms with Gasteiger partial charge in [0.25, 0.3) is 0 Å². The van der Waals surface area contributed by atoms with Crippen LogP contribution < -0.4 is 10.6 Å². The number of fused-ring (bicyclic) bond motifs is 2. The topological polar surface area (TPSA) is 105 Å². The third-order valence-electron chi connectivity index (χ3n) is 6.69. The number of esters is 1. The molecular formula is C30H36N4O4. The van der Waals surface area contributed by atoms with E-state index in [-0.39, 0.29) is 25.4 Å². The van der Waals surface area contributed by atoms with Gasteiger partial charge in [0.15, 0.2) is 0 Å². The maximum absolute atomic E-state index is 13.7. The monoisotopic (exact) mass is 516 g/mol. The molecule has 0 saturated carbocycles. The van der Waals surface area contributed by atoms with E-state index in [0.717, 1.165) is 32.9 Å². The minimum atomic E-state index is -0.912. The van der Waals surface area contributed by atoms with Gasteiger partial charge in [0.05, 0.1) is 6.61 Å². The van der Waals surface area contributed by atoms with Crippen molar-refractivity contribution in [2.45, 2.75) is 52.6 Å². The Morgan fingerprint density at radius 1 is 0.921 bits per heavy atom. The highest BCUT2D eigenvalue weighted by atomic mass is 16.5. The van der Waals surface area contributed by atoms with Crippen molar-refractivity contribution >= 4 is 39.6 Å². The fourth-order valence-corrected chi connectivity index (χ4v) is 4.62. The van der Waals surface area contributed by atoms with E-state index in [9.17, 15) is 14.4 Å². The van der Waals surface area contributed by atoms with Gasteiger partial charge in [-0.05, 0) is 30.2 Å². The smallest absolute Gasteiger partial charge is 0.328 e. The molecule has 2 atom stereocenters. The lowest BCUT2D eigenvalue weighted by molar-refractivity contribution is -0.147. The lowest BCUT2D eigenvalue weighted by Crippen LogP contribution is -2.54. The Kier molecular flexibility index (Phi) is 7.90. The third-order valence-corrected chi connectivity index (χ3v) is 6.69. The van der Waals surface area contributed by atoms with Crippen molar-refractivity contribution in [1.82, 2.24) is 20.2 Å². The average Bonchev–Trinajstić information content (AvgIpc) is 3.43. The molecule has 0 saturated heterocycles. The van der Waals surface area contributed by atoms with Crippen LogP contribution in [0.1, 0.15) is 38.8 Å². The molecule has 2 heterocycles. The van der Waals surface area contributed by atoms with Gasteiger partial charge in [-0.3, -0.25) is 9.59 Å². The van der Waals surface area contributed by atoms with E-state index >= 15 is 0 Å². The van der Waals surface area contributed by atoms with Crippen LogP contribution in [0.15, 0.2) is 60.9 Å². The number of aromatic amines is 1. The second-order valence-corrected chi connectivity index (χ2v) is 10.6. The summed E-state index contributed by atoms with van der Waals surface area (Å²) in [6.45, 7) is 7.32. The van der Waals surface area contributed by atoms with E-state index in [0.29, 0.717) is 0 Å². The molecule has 0 aliphatic heterocycles. The molecule has 2 unspecified atom stereocenters. The normalized spacial score (nSPS) is 13.3. The van der Waals surface area contributed by atoms with Gasteiger partial charge >= 0.3 is 5.97 Å². The number of hydrogen-bond donors (Lipinski definition) is 3. The van der Waals surface area contributed by atoms with Crippen molar-refractivity contribution in [3.63, 3.8) is 0 Å². The van der Waals surface area contributed by atoms with E-state index in [1.807, 2.05) is 72.5 Å². The highest BCUT2D eigenvalue weighted by Crippen LogP contribution is 2.23. The lowest BCUT2D eigenvalue weighted by Gasteiger charge is -2.26. The van der Waals surface area contributed by atoms with Gasteiger partial charge in [-0.2, -0.15) is 0 Å². The molecule has 4 rings (SSSR count). The molecule has 0 bridgehead atoms. The number of nitrogens with one attached hydrogen (secondary N) is 3.